The molecule has 0 N–H and O–H groups in total. The molecule has 1 unspecified atom stereocenters. The topological polar surface area (TPSA) is 25.8 Å². The lowest BCUT2D eigenvalue weighted by molar-refractivity contribution is 0.324. The number of aromatic nitrogens is 2. The monoisotopic (exact) mass is 252 g/mol. The summed E-state index contributed by atoms with van der Waals surface area (Å²) in [5, 5.41) is 0. The molecule has 0 amide bonds. The average molecular weight is 252 g/mol. The Labute approximate surface area is 114 Å². The van der Waals surface area contributed by atoms with Crippen LogP contribution in [0.2, 0.25) is 0 Å². The zero-order chi connectivity index (χ0) is 12.9. The molecule has 1 fully saturated rings. The summed E-state index contributed by atoms with van der Waals surface area (Å²) in [5.74, 6) is 1.13. The zero-order valence-electron chi connectivity index (χ0n) is 11.2. The Balaban J connectivity index is 1.96. The van der Waals surface area contributed by atoms with Crippen LogP contribution in [0.15, 0.2) is 48.9 Å². The number of nitrogens with zero attached hydrogens (tertiary/aromatic N) is 2. The smallest absolute Gasteiger partial charge is 0.0664 e. The maximum Gasteiger partial charge on any atom is 0.0664 e. The van der Waals surface area contributed by atoms with E-state index in [-0.39, 0.29) is 0 Å². The van der Waals surface area contributed by atoms with Crippen molar-refractivity contribution in [3.05, 3.63) is 60.2 Å². The van der Waals surface area contributed by atoms with E-state index in [1.165, 1.54) is 37.7 Å². The van der Waals surface area contributed by atoms with E-state index in [4.69, 9.17) is 0 Å². The molecule has 0 spiro atoms. The lowest BCUT2D eigenvalue weighted by Crippen LogP contribution is -2.18. The summed E-state index contributed by atoms with van der Waals surface area (Å²) in [6, 6.07) is 10.8. The normalized spacial score (nSPS) is 18.1. The fourth-order valence-electron chi connectivity index (χ4n) is 3.28. The fraction of sp³-hybridized carbons (Fsp3) is 0.412. The van der Waals surface area contributed by atoms with E-state index in [1.807, 2.05) is 12.4 Å². The number of hydrogen-bond donors (Lipinski definition) is 0. The van der Waals surface area contributed by atoms with Crippen LogP contribution in [0.4, 0.5) is 0 Å². The summed E-state index contributed by atoms with van der Waals surface area (Å²) in [4.78, 5) is 8.83. The number of benzene rings is 1. The van der Waals surface area contributed by atoms with Crippen LogP contribution in [0.3, 0.4) is 0 Å². The summed E-state index contributed by atoms with van der Waals surface area (Å²) >= 11 is 0. The van der Waals surface area contributed by atoms with Crippen LogP contribution in [-0.2, 0) is 0 Å². The van der Waals surface area contributed by atoms with Gasteiger partial charge in [-0.3, -0.25) is 9.97 Å². The number of hydrogen-bond acceptors (Lipinski definition) is 2. The van der Waals surface area contributed by atoms with E-state index >= 15 is 0 Å². The van der Waals surface area contributed by atoms with E-state index in [0.717, 1.165) is 5.69 Å². The highest BCUT2D eigenvalue weighted by Crippen LogP contribution is 2.39. The van der Waals surface area contributed by atoms with Crippen LogP contribution < -0.4 is 0 Å². The first-order valence-corrected chi connectivity index (χ1v) is 7.26. The van der Waals surface area contributed by atoms with Crippen molar-refractivity contribution in [1.82, 2.24) is 9.97 Å². The maximum absolute atomic E-state index is 4.57. The van der Waals surface area contributed by atoms with Crippen molar-refractivity contribution in [3.63, 3.8) is 0 Å². The number of rotatable bonds is 3. The molecule has 3 rings (SSSR count). The molecule has 0 aliphatic heterocycles. The van der Waals surface area contributed by atoms with Crippen LogP contribution >= 0.6 is 0 Å². The van der Waals surface area contributed by atoms with Gasteiger partial charge in [0.25, 0.3) is 0 Å². The zero-order valence-corrected chi connectivity index (χ0v) is 11.2. The molecule has 0 radical (unpaired) electrons. The minimum atomic E-state index is 0.412. The van der Waals surface area contributed by atoms with Crippen LogP contribution in [0.5, 0.6) is 0 Å². The second-order valence-electron chi connectivity index (χ2n) is 5.42. The molecular weight excluding hydrogens is 232 g/mol. The van der Waals surface area contributed by atoms with E-state index in [2.05, 4.69) is 40.3 Å². The molecule has 98 valence electrons. The van der Waals surface area contributed by atoms with Crippen molar-refractivity contribution in [2.45, 2.75) is 38.0 Å². The SMILES string of the molecule is c1ccc(C(c2cnccn2)C2CCCCC2)cc1. The Hall–Kier alpha value is -1.70. The van der Waals surface area contributed by atoms with Crippen LogP contribution in [-0.4, -0.2) is 9.97 Å². The Bertz CT molecular complexity index is 450. The van der Waals surface area contributed by atoms with Crippen LogP contribution in [0.25, 0.3) is 0 Å². The summed E-state index contributed by atoms with van der Waals surface area (Å²) in [6.07, 6.45) is 12.2. The molecule has 1 saturated carbocycles. The molecule has 1 aliphatic rings. The summed E-state index contributed by atoms with van der Waals surface area (Å²) < 4.78 is 0. The fourth-order valence-corrected chi connectivity index (χ4v) is 3.28. The minimum absolute atomic E-state index is 0.412. The summed E-state index contributed by atoms with van der Waals surface area (Å²) in [6.45, 7) is 0. The molecule has 0 bridgehead atoms. The van der Waals surface area contributed by atoms with Gasteiger partial charge in [-0.2, -0.15) is 0 Å². The highest BCUT2D eigenvalue weighted by atomic mass is 14.8. The van der Waals surface area contributed by atoms with Gasteiger partial charge in [0.05, 0.1) is 5.69 Å². The van der Waals surface area contributed by atoms with Gasteiger partial charge in [0, 0.05) is 24.5 Å². The van der Waals surface area contributed by atoms with E-state index in [0.29, 0.717) is 11.8 Å². The van der Waals surface area contributed by atoms with Gasteiger partial charge < -0.3 is 0 Å². The van der Waals surface area contributed by atoms with Gasteiger partial charge in [0.1, 0.15) is 0 Å². The minimum Gasteiger partial charge on any atom is -0.261 e. The third kappa shape index (κ3) is 2.83. The molecule has 2 nitrogen and oxygen atoms in total. The van der Waals surface area contributed by atoms with E-state index < -0.39 is 0 Å². The predicted molar refractivity (Wildman–Crippen MR) is 76.9 cm³/mol. The predicted octanol–water partition coefficient (Wildman–Crippen LogP) is 4.19. The van der Waals surface area contributed by atoms with Gasteiger partial charge in [0.15, 0.2) is 0 Å². The second kappa shape index (κ2) is 5.96. The van der Waals surface area contributed by atoms with Gasteiger partial charge in [0.2, 0.25) is 0 Å². The molecule has 1 aliphatic carbocycles. The van der Waals surface area contributed by atoms with Gasteiger partial charge in [-0.15, -0.1) is 0 Å². The van der Waals surface area contributed by atoms with Gasteiger partial charge in [-0.25, -0.2) is 0 Å². The molecule has 19 heavy (non-hydrogen) atoms. The molecule has 1 heterocycles. The van der Waals surface area contributed by atoms with Gasteiger partial charge in [-0.1, -0.05) is 49.6 Å². The van der Waals surface area contributed by atoms with E-state index in [1.54, 1.807) is 6.20 Å². The molecule has 2 aromatic rings. The highest BCUT2D eigenvalue weighted by Gasteiger charge is 2.27. The second-order valence-corrected chi connectivity index (χ2v) is 5.42. The maximum atomic E-state index is 4.57. The summed E-state index contributed by atoms with van der Waals surface area (Å²) in [5.41, 5.74) is 2.51. The molecule has 1 aromatic carbocycles. The Morgan fingerprint density at radius 3 is 2.42 bits per heavy atom. The summed E-state index contributed by atoms with van der Waals surface area (Å²) in [7, 11) is 0. The molecule has 0 saturated heterocycles. The first-order valence-electron chi connectivity index (χ1n) is 7.26. The Morgan fingerprint density at radius 1 is 0.947 bits per heavy atom. The Kier molecular flexibility index (Phi) is 3.87. The quantitative estimate of drug-likeness (QED) is 0.818. The van der Waals surface area contributed by atoms with Crippen molar-refractivity contribution in [1.29, 1.82) is 0 Å². The average Bonchev–Trinajstić information content (AvgIpc) is 2.51. The first-order chi connectivity index (χ1) is 9.45. The first kappa shape index (κ1) is 12.3. The van der Waals surface area contributed by atoms with Crippen molar-refractivity contribution >= 4 is 0 Å². The van der Waals surface area contributed by atoms with Crippen LogP contribution in [0.1, 0.15) is 49.3 Å². The third-order valence-corrected chi connectivity index (χ3v) is 4.18. The van der Waals surface area contributed by atoms with Crippen molar-refractivity contribution in [2.75, 3.05) is 0 Å². The van der Waals surface area contributed by atoms with Crippen LogP contribution in [0, 0.1) is 5.92 Å². The molecule has 1 aromatic heterocycles. The van der Waals surface area contributed by atoms with Crippen molar-refractivity contribution in [2.24, 2.45) is 5.92 Å². The Morgan fingerprint density at radius 2 is 1.74 bits per heavy atom. The van der Waals surface area contributed by atoms with Gasteiger partial charge in [-0.05, 0) is 24.3 Å². The lowest BCUT2D eigenvalue weighted by atomic mass is 9.75. The van der Waals surface area contributed by atoms with Gasteiger partial charge >= 0.3 is 0 Å². The standard InChI is InChI=1S/C17H20N2/c1-3-7-14(8-4-1)17(15-9-5-2-6-10-15)16-13-18-11-12-19-16/h1,3-4,7-8,11-13,15,17H,2,5-6,9-10H2. The third-order valence-electron chi connectivity index (χ3n) is 4.18. The molecule has 2 heteroatoms. The molecule has 1 atom stereocenters. The molecular formula is C17H20N2. The largest absolute Gasteiger partial charge is 0.261 e. The van der Waals surface area contributed by atoms with E-state index in [9.17, 15) is 0 Å². The van der Waals surface area contributed by atoms with Crippen molar-refractivity contribution in [3.8, 4) is 0 Å². The van der Waals surface area contributed by atoms with Crippen molar-refractivity contribution < 1.29 is 0 Å². The lowest BCUT2D eigenvalue weighted by Gasteiger charge is -2.30. The highest BCUT2D eigenvalue weighted by molar-refractivity contribution is 5.28.